The van der Waals surface area contributed by atoms with Gasteiger partial charge in [0.2, 0.25) is 10.0 Å². The number of nitrogens with zero attached hydrogens (tertiary/aromatic N) is 3. The van der Waals surface area contributed by atoms with Crippen LogP contribution in [0.3, 0.4) is 0 Å². The Morgan fingerprint density at radius 2 is 1.81 bits per heavy atom. The molecule has 10 heteroatoms. The highest BCUT2D eigenvalue weighted by molar-refractivity contribution is 7.89. The van der Waals surface area contributed by atoms with E-state index in [-0.39, 0.29) is 17.2 Å². The molecule has 0 unspecified atom stereocenters. The number of methoxy groups -OCH3 is 2. The Hall–Kier alpha value is -2.59. The largest absolute Gasteiger partial charge is 0.497 e. The molecule has 1 heterocycles. The van der Waals surface area contributed by atoms with Crippen LogP contribution < -0.4 is 24.4 Å². The quantitative estimate of drug-likeness (QED) is 0.611. The van der Waals surface area contributed by atoms with E-state index in [0.29, 0.717) is 23.9 Å². The molecule has 0 aliphatic heterocycles. The van der Waals surface area contributed by atoms with Gasteiger partial charge in [-0.1, -0.05) is 0 Å². The summed E-state index contributed by atoms with van der Waals surface area (Å²) >= 11 is 0. The first kappa shape index (κ1) is 20.7. The van der Waals surface area contributed by atoms with Gasteiger partial charge in [-0.25, -0.2) is 23.1 Å². The van der Waals surface area contributed by atoms with Crippen molar-refractivity contribution in [2.24, 2.45) is 0 Å². The number of aromatic nitrogens is 2. The van der Waals surface area contributed by atoms with Crippen LogP contribution in [0.1, 0.15) is 5.82 Å². The molecule has 9 nitrogen and oxygen atoms in total. The number of hydrogen-bond donors (Lipinski definition) is 2. The number of anilines is 2. The predicted molar refractivity (Wildman–Crippen MR) is 104 cm³/mol. The van der Waals surface area contributed by atoms with Gasteiger partial charge in [-0.2, -0.15) is 0 Å². The van der Waals surface area contributed by atoms with Crippen LogP contribution in [0, 0.1) is 6.92 Å². The van der Waals surface area contributed by atoms with E-state index in [9.17, 15) is 8.42 Å². The molecule has 0 bridgehead atoms. The molecular weight excluding hydrogens is 370 g/mol. The number of aryl methyl sites for hydroxylation is 1. The highest BCUT2D eigenvalue weighted by Crippen LogP contribution is 2.28. The lowest BCUT2D eigenvalue weighted by Gasteiger charge is -2.14. The van der Waals surface area contributed by atoms with Crippen molar-refractivity contribution in [2.75, 3.05) is 51.6 Å². The summed E-state index contributed by atoms with van der Waals surface area (Å²) in [5.74, 6) is 2.77. The zero-order valence-corrected chi connectivity index (χ0v) is 16.9. The zero-order valence-electron chi connectivity index (χ0n) is 16.1. The van der Waals surface area contributed by atoms with Crippen LogP contribution in [0.25, 0.3) is 0 Å². The maximum absolute atomic E-state index is 12.5. The van der Waals surface area contributed by atoms with E-state index < -0.39 is 10.0 Å². The minimum Gasteiger partial charge on any atom is -0.497 e. The molecule has 0 fully saturated rings. The van der Waals surface area contributed by atoms with Gasteiger partial charge in [0.25, 0.3) is 0 Å². The Labute approximate surface area is 159 Å². The molecule has 0 saturated carbocycles. The lowest BCUT2D eigenvalue weighted by atomic mass is 10.3. The molecule has 2 aromatic rings. The van der Waals surface area contributed by atoms with Crippen molar-refractivity contribution >= 4 is 21.7 Å². The summed E-state index contributed by atoms with van der Waals surface area (Å²) in [7, 11) is 2.97. The Balaban J connectivity index is 2.01. The molecule has 148 valence electrons. The van der Waals surface area contributed by atoms with E-state index in [0.717, 1.165) is 5.82 Å². The summed E-state index contributed by atoms with van der Waals surface area (Å²) < 4.78 is 37.9. The normalized spacial score (nSPS) is 11.1. The second-order valence-electron chi connectivity index (χ2n) is 5.89. The summed E-state index contributed by atoms with van der Waals surface area (Å²) in [6.07, 6.45) is 0. The Bertz CT molecular complexity index is 887. The molecule has 1 aromatic carbocycles. The van der Waals surface area contributed by atoms with Gasteiger partial charge in [0.1, 0.15) is 33.9 Å². The molecule has 0 saturated heterocycles. The molecule has 2 N–H and O–H groups in total. The van der Waals surface area contributed by atoms with Gasteiger partial charge < -0.3 is 19.7 Å². The topological polar surface area (TPSA) is 106 Å². The summed E-state index contributed by atoms with van der Waals surface area (Å²) in [6.45, 7) is 2.34. The van der Waals surface area contributed by atoms with Crippen LogP contribution in [0.4, 0.5) is 11.6 Å². The fraction of sp³-hybridized carbons (Fsp3) is 0.412. The van der Waals surface area contributed by atoms with Crippen molar-refractivity contribution in [3.63, 3.8) is 0 Å². The van der Waals surface area contributed by atoms with Crippen LogP contribution >= 0.6 is 0 Å². The molecule has 0 radical (unpaired) electrons. The molecule has 0 aliphatic rings. The highest BCUT2D eigenvalue weighted by atomic mass is 32.2. The van der Waals surface area contributed by atoms with E-state index in [1.54, 1.807) is 19.1 Å². The average molecular weight is 395 g/mol. The lowest BCUT2D eigenvalue weighted by molar-refractivity contribution is 0.386. The van der Waals surface area contributed by atoms with Crippen LogP contribution in [0.2, 0.25) is 0 Å². The fourth-order valence-corrected chi connectivity index (χ4v) is 3.50. The SMILES string of the molecule is COc1ccc(S(=O)(=O)NCCNc2cc(N(C)C)nc(C)n2)c(OC)c1. The maximum Gasteiger partial charge on any atom is 0.244 e. The molecule has 0 spiro atoms. The van der Waals surface area contributed by atoms with Crippen LogP contribution in [0.15, 0.2) is 29.2 Å². The van der Waals surface area contributed by atoms with Crippen LogP contribution in [-0.4, -0.2) is 59.8 Å². The van der Waals surface area contributed by atoms with Gasteiger partial charge in [-0.3, -0.25) is 0 Å². The summed E-state index contributed by atoms with van der Waals surface area (Å²) in [5, 5.41) is 3.10. The van der Waals surface area contributed by atoms with E-state index >= 15 is 0 Å². The standard InChI is InChI=1S/C17H25N5O4S/c1-12-20-16(11-17(21-12)22(2)3)18-8-9-19-27(23,24)15-7-6-13(25-4)10-14(15)26-5/h6-7,10-11,19H,8-9H2,1-5H3,(H,18,20,21). The van der Waals surface area contributed by atoms with Crippen molar-refractivity contribution in [1.82, 2.24) is 14.7 Å². The summed E-state index contributed by atoms with van der Waals surface area (Å²) in [5.41, 5.74) is 0. The second kappa shape index (κ2) is 8.87. The molecule has 0 atom stereocenters. The van der Waals surface area contributed by atoms with Crippen molar-refractivity contribution in [1.29, 1.82) is 0 Å². The number of ether oxygens (including phenoxy) is 2. The summed E-state index contributed by atoms with van der Waals surface area (Å²) in [4.78, 5) is 10.5. The van der Waals surface area contributed by atoms with E-state index in [4.69, 9.17) is 9.47 Å². The zero-order chi connectivity index (χ0) is 20.0. The number of hydrogen-bond acceptors (Lipinski definition) is 8. The maximum atomic E-state index is 12.5. The van der Waals surface area contributed by atoms with E-state index in [1.165, 1.54) is 26.4 Å². The fourth-order valence-electron chi connectivity index (χ4n) is 2.32. The van der Waals surface area contributed by atoms with E-state index in [1.807, 2.05) is 19.0 Å². The Kier molecular flexibility index (Phi) is 6.81. The Morgan fingerprint density at radius 1 is 1.07 bits per heavy atom. The lowest BCUT2D eigenvalue weighted by Crippen LogP contribution is -2.29. The Morgan fingerprint density at radius 3 is 2.44 bits per heavy atom. The van der Waals surface area contributed by atoms with Crippen molar-refractivity contribution in [3.05, 3.63) is 30.1 Å². The minimum absolute atomic E-state index is 0.0542. The molecule has 0 aliphatic carbocycles. The van der Waals surface area contributed by atoms with Gasteiger partial charge in [0.05, 0.1) is 14.2 Å². The average Bonchev–Trinajstić information content (AvgIpc) is 2.64. The number of sulfonamides is 1. The first-order chi connectivity index (χ1) is 12.8. The molecule has 27 heavy (non-hydrogen) atoms. The van der Waals surface area contributed by atoms with Gasteiger partial charge in [0, 0.05) is 39.3 Å². The monoisotopic (exact) mass is 395 g/mol. The van der Waals surface area contributed by atoms with Gasteiger partial charge in [0.15, 0.2) is 0 Å². The van der Waals surface area contributed by atoms with Gasteiger partial charge >= 0.3 is 0 Å². The van der Waals surface area contributed by atoms with Crippen LogP contribution in [-0.2, 0) is 10.0 Å². The second-order valence-corrected chi connectivity index (χ2v) is 7.63. The third-order valence-corrected chi connectivity index (χ3v) is 5.17. The molecule has 0 amide bonds. The smallest absolute Gasteiger partial charge is 0.244 e. The van der Waals surface area contributed by atoms with Crippen LogP contribution in [0.5, 0.6) is 11.5 Å². The summed E-state index contributed by atoms with van der Waals surface area (Å²) in [6, 6.07) is 6.35. The number of rotatable bonds is 9. The molecular formula is C17H25N5O4S. The van der Waals surface area contributed by atoms with Crippen molar-refractivity contribution in [3.8, 4) is 11.5 Å². The number of nitrogens with one attached hydrogen (secondary N) is 2. The minimum atomic E-state index is -3.72. The molecule has 1 aromatic heterocycles. The molecule has 2 rings (SSSR count). The third kappa shape index (κ3) is 5.44. The van der Waals surface area contributed by atoms with E-state index in [2.05, 4.69) is 20.0 Å². The first-order valence-corrected chi connectivity index (χ1v) is 9.73. The predicted octanol–water partition coefficient (Wildman–Crippen LogP) is 1.26. The highest BCUT2D eigenvalue weighted by Gasteiger charge is 2.19. The van der Waals surface area contributed by atoms with Gasteiger partial charge in [-0.15, -0.1) is 0 Å². The van der Waals surface area contributed by atoms with Crippen molar-refractivity contribution in [2.45, 2.75) is 11.8 Å². The first-order valence-electron chi connectivity index (χ1n) is 8.25. The number of benzene rings is 1. The van der Waals surface area contributed by atoms with Crippen molar-refractivity contribution < 1.29 is 17.9 Å². The third-order valence-electron chi connectivity index (χ3n) is 3.67. The van der Waals surface area contributed by atoms with Gasteiger partial charge in [-0.05, 0) is 19.1 Å².